The highest BCUT2D eigenvalue weighted by molar-refractivity contribution is 5.95. The maximum absolute atomic E-state index is 12.1. The lowest BCUT2D eigenvalue weighted by Gasteiger charge is -2.14. The molecule has 2 rings (SSSR count). The second-order valence-electron chi connectivity index (χ2n) is 4.83. The zero-order chi connectivity index (χ0) is 15.2. The molecule has 0 heterocycles. The third-order valence-corrected chi connectivity index (χ3v) is 3.36. The predicted molar refractivity (Wildman–Crippen MR) is 80.3 cm³/mol. The number of benzene rings is 2. The van der Waals surface area contributed by atoms with Crippen LogP contribution in [0.2, 0.25) is 0 Å². The van der Waals surface area contributed by atoms with Gasteiger partial charge >= 0.3 is 5.97 Å². The van der Waals surface area contributed by atoms with Crippen LogP contribution in [0, 0.1) is 6.92 Å². The van der Waals surface area contributed by atoms with Crippen molar-refractivity contribution in [1.82, 2.24) is 5.32 Å². The van der Waals surface area contributed by atoms with E-state index in [-0.39, 0.29) is 12.5 Å². The Kier molecular flexibility index (Phi) is 4.72. The minimum atomic E-state index is -0.953. The summed E-state index contributed by atoms with van der Waals surface area (Å²) in [5.74, 6) is -1.96. The van der Waals surface area contributed by atoms with Crippen LogP contribution in [0.1, 0.15) is 27.4 Å². The van der Waals surface area contributed by atoms with E-state index in [1.54, 1.807) is 36.4 Å². The molecule has 0 spiro atoms. The van der Waals surface area contributed by atoms with Gasteiger partial charge in [0.2, 0.25) is 0 Å². The van der Waals surface area contributed by atoms with Crippen molar-refractivity contribution < 1.29 is 14.7 Å². The molecule has 0 radical (unpaired) electrons. The summed E-state index contributed by atoms with van der Waals surface area (Å²) in [4.78, 5) is 23.5. The third kappa shape index (κ3) is 3.69. The fourth-order valence-corrected chi connectivity index (χ4v) is 2.15. The van der Waals surface area contributed by atoms with Gasteiger partial charge in [0.25, 0.3) is 5.91 Å². The third-order valence-electron chi connectivity index (χ3n) is 3.36. The van der Waals surface area contributed by atoms with Crippen molar-refractivity contribution in [3.05, 3.63) is 71.3 Å². The van der Waals surface area contributed by atoms with Crippen molar-refractivity contribution in [2.45, 2.75) is 12.8 Å². The smallest absolute Gasteiger partial charge is 0.312 e. The highest BCUT2D eigenvalue weighted by Crippen LogP contribution is 2.15. The van der Waals surface area contributed by atoms with Crippen molar-refractivity contribution in [1.29, 1.82) is 0 Å². The average molecular weight is 283 g/mol. The first kappa shape index (κ1) is 14.8. The van der Waals surface area contributed by atoms with E-state index in [9.17, 15) is 14.7 Å². The number of carboxylic acids is 1. The van der Waals surface area contributed by atoms with Crippen molar-refractivity contribution in [3.63, 3.8) is 0 Å². The lowest BCUT2D eigenvalue weighted by molar-refractivity contribution is -0.138. The molecule has 0 aliphatic carbocycles. The standard InChI is InChI=1S/C17H17NO3/c1-12-7-5-6-10-14(12)16(19)18-11-15(17(20)21)13-8-3-2-4-9-13/h2-10,15H,11H2,1H3,(H,18,19)(H,20,21). The summed E-state index contributed by atoms with van der Waals surface area (Å²) >= 11 is 0. The van der Waals surface area contributed by atoms with Gasteiger partial charge in [-0.25, -0.2) is 0 Å². The van der Waals surface area contributed by atoms with E-state index in [0.717, 1.165) is 5.56 Å². The second-order valence-corrected chi connectivity index (χ2v) is 4.83. The molecular formula is C17H17NO3. The Bertz CT molecular complexity index is 637. The van der Waals surface area contributed by atoms with Crippen LogP contribution in [-0.4, -0.2) is 23.5 Å². The number of carbonyl (C=O) groups excluding carboxylic acids is 1. The van der Waals surface area contributed by atoms with E-state index < -0.39 is 11.9 Å². The van der Waals surface area contributed by atoms with E-state index in [4.69, 9.17) is 0 Å². The van der Waals surface area contributed by atoms with Gasteiger partial charge in [0.1, 0.15) is 0 Å². The fourth-order valence-electron chi connectivity index (χ4n) is 2.15. The molecule has 0 aliphatic rings. The number of amides is 1. The number of nitrogens with one attached hydrogen (secondary N) is 1. The first-order valence-electron chi connectivity index (χ1n) is 6.71. The molecule has 1 amide bonds. The van der Waals surface area contributed by atoms with Crippen molar-refractivity contribution in [2.24, 2.45) is 0 Å². The SMILES string of the molecule is Cc1ccccc1C(=O)NCC(C(=O)O)c1ccccc1. The molecular weight excluding hydrogens is 266 g/mol. The van der Waals surface area contributed by atoms with Gasteiger partial charge in [-0.3, -0.25) is 9.59 Å². The van der Waals surface area contributed by atoms with Gasteiger partial charge in [-0.1, -0.05) is 48.5 Å². The normalized spacial score (nSPS) is 11.7. The summed E-state index contributed by atoms with van der Waals surface area (Å²) in [5.41, 5.74) is 2.10. The minimum Gasteiger partial charge on any atom is -0.481 e. The largest absolute Gasteiger partial charge is 0.481 e. The molecule has 2 aromatic carbocycles. The quantitative estimate of drug-likeness (QED) is 0.886. The Morgan fingerprint density at radius 2 is 1.67 bits per heavy atom. The Hall–Kier alpha value is -2.62. The Labute approximate surface area is 123 Å². The van der Waals surface area contributed by atoms with Crippen LogP contribution in [-0.2, 0) is 4.79 Å². The molecule has 2 N–H and O–H groups in total. The first-order valence-corrected chi connectivity index (χ1v) is 6.71. The molecule has 108 valence electrons. The number of carbonyl (C=O) groups is 2. The van der Waals surface area contributed by atoms with E-state index in [0.29, 0.717) is 11.1 Å². The van der Waals surface area contributed by atoms with Gasteiger partial charge in [0.05, 0.1) is 5.92 Å². The Morgan fingerprint density at radius 1 is 1.05 bits per heavy atom. The van der Waals surface area contributed by atoms with E-state index in [1.165, 1.54) is 0 Å². The molecule has 0 fully saturated rings. The number of aryl methyl sites for hydroxylation is 1. The number of hydrogen-bond acceptors (Lipinski definition) is 2. The maximum atomic E-state index is 12.1. The van der Waals surface area contributed by atoms with Crippen LogP contribution < -0.4 is 5.32 Å². The summed E-state index contributed by atoms with van der Waals surface area (Å²) in [5, 5.41) is 12.0. The van der Waals surface area contributed by atoms with Gasteiger partial charge in [0.15, 0.2) is 0 Å². The summed E-state index contributed by atoms with van der Waals surface area (Å²) in [6.45, 7) is 1.91. The van der Waals surface area contributed by atoms with Crippen molar-refractivity contribution in [2.75, 3.05) is 6.54 Å². The van der Waals surface area contributed by atoms with Gasteiger partial charge in [-0.2, -0.15) is 0 Å². The van der Waals surface area contributed by atoms with Gasteiger partial charge in [-0.05, 0) is 24.1 Å². The molecule has 21 heavy (non-hydrogen) atoms. The minimum absolute atomic E-state index is 0.0620. The van der Waals surface area contributed by atoms with Crippen LogP contribution in [0.4, 0.5) is 0 Å². The summed E-state index contributed by atoms with van der Waals surface area (Å²) in [7, 11) is 0. The molecule has 4 heteroatoms. The Balaban J connectivity index is 2.08. The molecule has 1 atom stereocenters. The zero-order valence-electron chi connectivity index (χ0n) is 11.7. The number of hydrogen-bond donors (Lipinski definition) is 2. The van der Waals surface area contributed by atoms with E-state index in [2.05, 4.69) is 5.32 Å². The maximum Gasteiger partial charge on any atom is 0.312 e. The molecule has 2 aromatic rings. The zero-order valence-corrected chi connectivity index (χ0v) is 11.7. The van der Waals surface area contributed by atoms with Crippen LogP contribution >= 0.6 is 0 Å². The van der Waals surface area contributed by atoms with E-state index in [1.807, 2.05) is 25.1 Å². The lowest BCUT2D eigenvalue weighted by Crippen LogP contribution is -2.32. The Morgan fingerprint density at radius 3 is 2.29 bits per heavy atom. The molecule has 0 aliphatic heterocycles. The predicted octanol–water partition coefficient (Wildman–Crippen LogP) is 2.59. The summed E-state index contributed by atoms with van der Waals surface area (Å²) in [6, 6.07) is 16.1. The molecule has 0 aromatic heterocycles. The monoisotopic (exact) mass is 283 g/mol. The van der Waals surface area contributed by atoms with Crippen LogP contribution in [0.25, 0.3) is 0 Å². The van der Waals surface area contributed by atoms with Crippen LogP contribution in [0.5, 0.6) is 0 Å². The van der Waals surface area contributed by atoms with Crippen LogP contribution in [0.3, 0.4) is 0 Å². The molecule has 4 nitrogen and oxygen atoms in total. The number of rotatable bonds is 5. The van der Waals surface area contributed by atoms with Crippen molar-refractivity contribution >= 4 is 11.9 Å². The fraction of sp³-hybridized carbons (Fsp3) is 0.176. The van der Waals surface area contributed by atoms with Gasteiger partial charge < -0.3 is 10.4 Å². The summed E-state index contributed by atoms with van der Waals surface area (Å²) in [6.07, 6.45) is 0. The van der Waals surface area contributed by atoms with Gasteiger partial charge in [-0.15, -0.1) is 0 Å². The number of aliphatic carboxylic acids is 1. The molecule has 1 unspecified atom stereocenters. The average Bonchev–Trinajstić information content (AvgIpc) is 2.48. The molecule has 0 saturated heterocycles. The molecule has 0 bridgehead atoms. The van der Waals surface area contributed by atoms with Crippen molar-refractivity contribution in [3.8, 4) is 0 Å². The van der Waals surface area contributed by atoms with Gasteiger partial charge in [0, 0.05) is 12.1 Å². The highest BCUT2D eigenvalue weighted by atomic mass is 16.4. The topological polar surface area (TPSA) is 66.4 Å². The second kappa shape index (κ2) is 6.70. The van der Waals surface area contributed by atoms with E-state index >= 15 is 0 Å². The first-order chi connectivity index (χ1) is 10.1. The number of carboxylic acid groups (broad SMARTS) is 1. The summed E-state index contributed by atoms with van der Waals surface area (Å²) < 4.78 is 0. The van der Waals surface area contributed by atoms with Crippen LogP contribution in [0.15, 0.2) is 54.6 Å². The lowest BCUT2D eigenvalue weighted by atomic mass is 9.99. The highest BCUT2D eigenvalue weighted by Gasteiger charge is 2.20. The molecule has 0 saturated carbocycles.